The molecular formula is C26H33N5. The monoisotopic (exact) mass is 415 g/mol. The predicted octanol–water partition coefficient (Wildman–Crippen LogP) is 3.77. The van der Waals surface area contributed by atoms with Crippen LogP contribution in [0.1, 0.15) is 30.7 Å². The minimum absolute atomic E-state index is 0.836. The van der Waals surface area contributed by atoms with Crippen molar-refractivity contribution in [3.63, 3.8) is 0 Å². The Hall–Kier alpha value is -2.37. The summed E-state index contributed by atoms with van der Waals surface area (Å²) >= 11 is 0. The maximum atomic E-state index is 5.08. The molecule has 5 nitrogen and oxygen atoms in total. The Morgan fingerprint density at radius 2 is 1.68 bits per heavy atom. The molecule has 2 aromatic carbocycles. The molecule has 2 fully saturated rings. The van der Waals surface area contributed by atoms with E-state index in [4.69, 9.17) is 4.98 Å². The molecule has 0 unspecified atom stereocenters. The summed E-state index contributed by atoms with van der Waals surface area (Å²) in [7, 11) is 0. The number of hydrogen-bond acceptors (Lipinski definition) is 4. The second kappa shape index (κ2) is 8.29. The molecule has 1 saturated carbocycles. The molecule has 3 aromatic rings. The van der Waals surface area contributed by atoms with Gasteiger partial charge in [-0.2, -0.15) is 0 Å². The van der Waals surface area contributed by atoms with Crippen molar-refractivity contribution < 1.29 is 0 Å². The first-order valence-electron chi connectivity index (χ1n) is 12.1. The molecule has 0 N–H and O–H groups in total. The fourth-order valence-corrected chi connectivity index (χ4v) is 5.51. The number of piperazine rings is 1. The summed E-state index contributed by atoms with van der Waals surface area (Å²) in [5.74, 6) is 1.28. The first kappa shape index (κ1) is 19.3. The molecule has 5 heteroatoms. The first-order valence-corrected chi connectivity index (χ1v) is 12.1. The van der Waals surface area contributed by atoms with Gasteiger partial charge in [0.1, 0.15) is 5.82 Å². The normalized spacial score (nSPS) is 21.1. The highest BCUT2D eigenvalue weighted by Gasteiger charge is 2.27. The van der Waals surface area contributed by atoms with Gasteiger partial charge >= 0.3 is 0 Å². The van der Waals surface area contributed by atoms with Crippen molar-refractivity contribution in [2.24, 2.45) is 0 Å². The van der Waals surface area contributed by atoms with E-state index in [-0.39, 0.29) is 0 Å². The lowest BCUT2D eigenvalue weighted by atomic mass is 9.91. The van der Waals surface area contributed by atoms with E-state index >= 15 is 0 Å². The Bertz CT molecular complexity index is 1030. The molecule has 3 heterocycles. The number of benzene rings is 2. The molecule has 3 aliphatic rings. The van der Waals surface area contributed by atoms with Crippen molar-refractivity contribution in [2.45, 2.75) is 44.8 Å². The summed E-state index contributed by atoms with van der Waals surface area (Å²) in [6.45, 7) is 8.88. The zero-order valence-electron chi connectivity index (χ0n) is 18.4. The molecule has 1 aromatic heterocycles. The van der Waals surface area contributed by atoms with Crippen molar-refractivity contribution in [1.82, 2.24) is 19.4 Å². The minimum atomic E-state index is 0.836. The van der Waals surface area contributed by atoms with Gasteiger partial charge in [-0.25, -0.2) is 4.98 Å². The molecule has 1 saturated heterocycles. The van der Waals surface area contributed by atoms with Crippen LogP contribution in [-0.4, -0.2) is 64.7 Å². The van der Waals surface area contributed by atoms with Crippen LogP contribution in [0.25, 0.3) is 11.0 Å². The van der Waals surface area contributed by atoms with Crippen LogP contribution < -0.4 is 4.90 Å². The van der Waals surface area contributed by atoms with Crippen LogP contribution in [0.5, 0.6) is 0 Å². The van der Waals surface area contributed by atoms with Gasteiger partial charge in [0.25, 0.3) is 0 Å². The number of fused-ring (bicyclic) bond motifs is 3. The van der Waals surface area contributed by atoms with Crippen molar-refractivity contribution in [2.75, 3.05) is 44.2 Å². The third-order valence-corrected chi connectivity index (χ3v) is 7.62. The van der Waals surface area contributed by atoms with Gasteiger partial charge in [-0.05, 0) is 36.6 Å². The van der Waals surface area contributed by atoms with Gasteiger partial charge in [0.2, 0.25) is 0 Å². The van der Waals surface area contributed by atoms with Gasteiger partial charge in [0.15, 0.2) is 0 Å². The Balaban J connectivity index is 1.13. The highest BCUT2D eigenvalue weighted by molar-refractivity contribution is 5.80. The van der Waals surface area contributed by atoms with E-state index in [0.717, 1.165) is 51.7 Å². The standard InChI is InChI=1S/C26H33N5/c1-2-5-21(6-3-1)20-28-13-15-30(16-14-28)23-9-10-25-24(19-23)27-26-11-12-29(17-18-31(25)26)22-7-4-8-22/h1-3,5-6,9-10,19,22H,4,7-8,11-18,20H2. The fourth-order valence-electron chi connectivity index (χ4n) is 5.51. The predicted molar refractivity (Wildman–Crippen MR) is 127 cm³/mol. The number of rotatable bonds is 4. The zero-order valence-corrected chi connectivity index (χ0v) is 18.4. The molecule has 0 radical (unpaired) electrons. The van der Waals surface area contributed by atoms with Crippen LogP contribution in [0.4, 0.5) is 5.69 Å². The quantitative estimate of drug-likeness (QED) is 0.648. The second-order valence-electron chi connectivity index (χ2n) is 9.47. The van der Waals surface area contributed by atoms with Gasteiger partial charge in [-0.1, -0.05) is 36.8 Å². The van der Waals surface area contributed by atoms with Crippen molar-refractivity contribution in [1.29, 1.82) is 0 Å². The van der Waals surface area contributed by atoms with Crippen molar-refractivity contribution in [3.8, 4) is 0 Å². The summed E-state index contributed by atoms with van der Waals surface area (Å²) in [6.07, 6.45) is 5.28. The number of nitrogens with zero attached hydrogens (tertiary/aromatic N) is 5. The average Bonchev–Trinajstić information content (AvgIpc) is 3.00. The number of hydrogen-bond donors (Lipinski definition) is 0. The third-order valence-electron chi connectivity index (χ3n) is 7.62. The maximum absolute atomic E-state index is 5.08. The fraction of sp³-hybridized carbons (Fsp3) is 0.500. The van der Waals surface area contributed by atoms with Crippen LogP contribution in [0.3, 0.4) is 0 Å². The lowest BCUT2D eigenvalue weighted by molar-refractivity contribution is 0.130. The van der Waals surface area contributed by atoms with Crippen LogP contribution in [0.2, 0.25) is 0 Å². The molecule has 0 atom stereocenters. The summed E-state index contributed by atoms with van der Waals surface area (Å²) in [4.78, 5) is 12.9. The van der Waals surface area contributed by atoms with Crippen molar-refractivity contribution in [3.05, 3.63) is 59.9 Å². The summed E-state index contributed by atoms with van der Waals surface area (Å²) < 4.78 is 2.48. The third kappa shape index (κ3) is 3.85. The SMILES string of the molecule is c1ccc(CN2CCN(c3ccc4c(c3)nc3n4CCN(C4CCC4)CC3)CC2)cc1. The van der Waals surface area contributed by atoms with Gasteiger partial charge < -0.3 is 9.47 Å². The Morgan fingerprint density at radius 1 is 0.839 bits per heavy atom. The van der Waals surface area contributed by atoms with Crippen LogP contribution in [0.15, 0.2) is 48.5 Å². The molecule has 0 spiro atoms. The van der Waals surface area contributed by atoms with Crippen LogP contribution in [-0.2, 0) is 19.5 Å². The minimum Gasteiger partial charge on any atom is -0.369 e. The largest absolute Gasteiger partial charge is 0.369 e. The molecule has 0 bridgehead atoms. The molecular weight excluding hydrogens is 382 g/mol. The molecule has 2 aliphatic heterocycles. The molecule has 0 amide bonds. The first-order chi connectivity index (χ1) is 15.3. The van der Waals surface area contributed by atoms with Gasteiger partial charge in [0, 0.05) is 70.5 Å². The van der Waals surface area contributed by atoms with E-state index in [1.165, 1.54) is 60.5 Å². The summed E-state index contributed by atoms with van der Waals surface area (Å²) in [5, 5.41) is 0. The van der Waals surface area contributed by atoms with Crippen LogP contribution in [0, 0.1) is 0 Å². The Morgan fingerprint density at radius 3 is 2.45 bits per heavy atom. The smallest absolute Gasteiger partial charge is 0.111 e. The van der Waals surface area contributed by atoms with Crippen LogP contribution >= 0.6 is 0 Å². The van der Waals surface area contributed by atoms with E-state index in [1.54, 1.807) is 0 Å². The van der Waals surface area contributed by atoms with E-state index in [1.807, 2.05) is 0 Å². The number of aromatic nitrogens is 2. The zero-order chi connectivity index (χ0) is 20.6. The van der Waals surface area contributed by atoms with Gasteiger partial charge in [-0.3, -0.25) is 9.80 Å². The average molecular weight is 416 g/mol. The molecule has 1 aliphatic carbocycles. The summed E-state index contributed by atoms with van der Waals surface area (Å²) in [5.41, 5.74) is 5.23. The maximum Gasteiger partial charge on any atom is 0.111 e. The van der Waals surface area contributed by atoms with E-state index in [9.17, 15) is 0 Å². The summed E-state index contributed by atoms with van der Waals surface area (Å²) in [6, 6.07) is 18.6. The van der Waals surface area contributed by atoms with Gasteiger partial charge in [0.05, 0.1) is 11.0 Å². The van der Waals surface area contributed by atoms with E-state index in [2.05, 4.69) is 67.8 Å². The molecule has 6 rings (SSSR count). The number of imidazole rings is 1. The van der Waals surface area contributed by atoms with E-state index in [0.29, 0.717) is 0 Å². The topological polar surface area (TPSA) is 27.5 Å². The highest BCUT2D eigenvalue weighted by Crippen LogP contribution is 2.29. The molecule has 31 heavy (non-hydrogen) atoms. The van der Waals surface area contributed by atoms with Crippen molar-refractivity contribution >= 4 is 16.7 Å². The highest BCUT2D eigenvalue weighted by atomic mass is 15.3. The lowest BCUT2D eigenvalue weighted by Crippen LogP contribution is -2.45. The second-order valence-corrected chi connectivity index (χ2v) is 9.47. The van der Waals surface area contributed by atoms with Gasteiger partial charge in [-0.15, -0.1) is 0 Å². The molecule has 162 valence electrons. The Labute approximate surface area is 185 Å². The van der Waals surface area contributed by atoms with E-state index < -0.39 is 0 Å². The Kier molecular flexibility index (Phi) is 5.17. The number of anilines is 1. The lowest BCUT2D eigenvalue weighted by Gasteiger charge is -2.36.